The third-order valence-electron chi connectivity index (χ3n) is 14.9. The topological polar surface area (TPSA) is 178 Å². The predicted molar refractivity (Wildman–Crippen MR) is 257 cm³/mol. The van der Waals surface area contributed by atoms with E-state index >= 15 is 0 Å². The van der Waals surface area contributed by atoms with Crippen LogP contribution in [0.4, 0.5) is 10.1 Å². The molecule has 2 aliphatic carbocycles. The van der Waals surface area contributed by atoms with E-state index in [-0.39, 0.29) is 41.0 Å². The second kappa shape index (κ2) is 17.6. The molecule has 3 aromatic carbocycles. The summed E-state index contributed by atoms with van der Waals surface area (Å²) in [5, 5.41) is 32.3. The molecule has 2 atom stereocenters. The monoisotopic (exact) mass is 944 g/mol. The third kappa shape index (κ3) is 8.51. The van der Waals surface area contributed by atoms with Crippen LogP contribution < -0.4 is 10.2 Å². The highest BCUT2D eigenvalue weighted by Gasteiger charge is 2.40. The summed E-state index contributed by atoms with van der Waals surface area (Å²) in [6.07, 6.45) is 8.54. The molecule has 6 heterocycles. The van der Waals surface area contributed by atoms with Gasteiger partial charge in [-0.05, 0) is 159 Å². The van der Waals surface area contributed by atoms with Crippen LogP contribution >= 0.6 is 11.6 Å². The van der Waals surface area contributed by atoms with E-state index < -0.39 is 17.0 Å². The van der Waals surface area contributed by atoms with Gasteiger partial charge in [0.1, 0.15) is 29.0 Å². The first-order chi connectivity index (χ1) is 32.4. The van der Waals surface area contributed by atoms with Crippen LogP contribution in [0.1, 0.15) is 150 Å². The van der Waals surface area contributed by atoms with Crippen LogP contribution in [0, 0.1) is 33.5 Å². The lowest BCUT2D eigenvalue weighted by Gasteiger charge is -2.35. The fourth-order valence-electron chi connectivity index (χ4n) is 11.2. The van der Waals surface area contributed by atoms with Crippen molar-refractivity contribution in [2.24, 2.45) is 0 Å². The van der Waals surface area contributed by atoms with Crippen molar-refractivity contribution < 1.29 is 33.2 Å². The number of aryl methyl sites for hydroxylation is 4. The highest BCUT2D eigenvalue weighted by molar-refractivity contribution is 6.30. The number of benzene rings is 3. The number of aromatic nitrogens is 6. The van der Waals surface area contributed by atoms with Gasteiger partial charge in [-0.25, -0.2) is 14.4 Å². The summed E-state index contributed by atoms with van der Waals surface area (Å²) in [7, 11) is 0. The number of imidazole rings is 2. The van der Waals surface area contributed by atoms with Crippen LogP contribution in [-0.2, 0) is 9.59 Å². The standard InChI is InChI=1S/C29H30ClFN4O3.C23H28N4O3/c1-16-27(17(2)38-33-16)18-4-7-24-23(14-18)32-28(35(24)19-10-12-29(3,37)13-11-19)25-8-9-26(36)34(25)20-5-6-21(30)22(31)15-20;1-13-21(14(2)30-26-13)15-4-6-19-18(12-15)25-22(17-5-7-20(28)24-17)27(19)16-8-10-23(3,29)11-9-16/h4-7,14-15,19,25,37H,8-13H2,1-3H3;4,6,12,16-17,29H,5,7-11H2,1-3H3,(H,24,28)/t19?,25-,29?;16?,17-,23?/m00/s1. The van der Waals surface area contributed by atoms with Gasteiger partial charge in [-0.2, -0.15) is 0 Å². The Bertz CT molecular complexity index is 3030. The lowest BCUT2D eigenvalue weighted by Crippen LogP contribution is -2.33. The summed E-state index contributed by atoms with van der Waals surface area (Å²) >= 11 is 5.93. The number of fused-ring (bicyclic) bond motifs is 2. The molecule has 2 saturated heterocycles. The fourth-order valence-corrected chi connectivity index (χ4v) is 11.4. The number of hydrogen-bond donors (Lipinski definition) is 3. The van der Waals surface area contributed by atoms with Crippen molar-refractivity contribution in [3.8, 4) is 22.3 Å². The van der Waals surface area contributed by atoms with Crippen LogP contribution in [0.15, 0.2) is 63.6 Å². The normalized spacial score (nSPS) is 25.4. The molecular weight excluding hydrogens is 887 g/mol. The quantitative estimate of drug-likeness (QED) is 0.139. The minimum Gasteiger partial charge on any atom is -0.390 e. The van der Waals surface area contributed by atoms with E-state index in [1.165, 1.54) is 12.1 Å². The summed E-state index contributed by atoms with van der Waals surface area (Å²) in [4.78, 5) is 36.8. The zero-order chi connectivity index (χ0) is 47.8. The van der Waals surface area contributed by atoms with Gasteiger partial charge in [0.05, 0.1) is 61.8 Å². The molecule has 3 N–H and O–H groups in total. The molecule has 0 radical (unpaired) electrons. The highest BCUT2D eigenvalue weighted by Crippen LogP contribution is 2.45. The van der Waals surface area contributed by atoms with Gasteiger partial charge in [0.25, 0.3) is 0 Å². The van der Waals surface area contributed by atoms with Crippen LogP contribution in [-0.4, -0.2) is 62.6 Å². The number of nitrogens with one attached hydrogen (secondary N) is 1. The van der Waals surface area contributed by atoms with Crippen LogP contribution in [0.25, 0.3) is 44.3 Å². The number of halogens is 2. The molecule has 16 heteroatoms. The zero-order valence-corrected chi connectivity index (χ0v) is 40.2. The van der Waals surface area contributed by atoms with E-state index in [9.17, 15) is 24.2 Å². The zero-order valence-electron chi connectivity index (χ0n) is 39.4. The molecule has 11 rings (SSSR count). The summed E-state index contributed by atoms with van der Waals surface area (Å²) in [5.41, 5.74) is 8.63. The Morgan fingerprint density at radius 3 is 1.68 bits per heavy atom. The van der Waals surface area contributed by atoms with Crippen molar-refractivity contribution in [1.82, 2.24) is 34.7 Å². The maximum atomic E-state index is 14.4. The molecule has 0 unspecified atom stereocenters. The molecule has 0 spiro atoms. The summed E-state index contributed by atoms with van der Waals surface area (Å²) in [5.74, 6) is 2.70. The molecule has 7 aromatic rings. The first-order valence-corrected chi connectivity index (χ1v) is 24.2. The Morgan fingerprint density at radius 1 is 0.691 bits per heavy atom. The Balaban J connectivity index is 0.000000163. The van der Waals surface area contributed by atoms with Gasteiger partial charge in [-0.15, -0.1) is 0 Å². The Hall–Kier alpha value is -5.90. The average molecular weight is 946 g/mol. The van der Waals surface area contributed by atoms with E-state index in [0.29, 0.717) is 37.8 Å². The van der Waals surface area contributed by atoms with Gasteiger partial charge in [0.2, 0.25) is 11.8 Å². The number of rotatable bonds is 7. The molecule has 68 heavy (non-hydrogen) atoms. The largest absolute Gasteiger partial charge is 0.390 e. The lowest BCUT2D eigenvalue weighted by atomic mass is 9.83. The second-order valence-corrected chi connectivity index (χ2v) is 20.4. The Labute approximate surface area is 398 Å². The van der Waals surface area contributed by atoms with E-state index in [1.807, 2.05) is 47.6 Å². The molecule has 4 aliphatic rings. The SMILES string of the molecule is Cc1noc(C)c1-c1ccc2c(c1)nc([C@@H]1CCC(=O)N1)n2C1CCC(C)(O)CC1.Cc1noc(C)c1-c1ccc2c(c1)nc([C@@H]1CCC(=O)N1c1ccc(Cl)c(F)c1)n2C1CCC(C)(O)CC1. The number of carbonyl (C=O) groups is 2. The summed E-state index contributed by atoms with van der Waals surface area (Å²) in [6.45, 7) is 11.5. The van der Waals surface area contributed by atoms with Gasteiger partial charge in [-0.1, -0.05) is 34.0 Å². The second-order valence-electron chi connectivity index (χ2n) is 20.0. The van der Waals surface area contributed by atoms with Crippen molar-refractivity contribution >= 4 is 51.2 Å². The first-order valence-electron chi connectivity index (χ1n) is 23.9. The minimum absolute atomic E-state index is 0.0188. The highest BCUT2D eigenvalue weighted by atomic mass is 35.5. The number of nitrogens with zero attached hydrogens (tertiary/aromatic N) is 7. The fraction of sp³-hybridized carbons (Fsp3) is 0.462. The van der Waals surface area contributed by atoms with Gasteiger partial charge in [-0.3, -0.25) is 9.59 Å². The van der Waals surface area contributed by atoms with Gasteiger partial charge in [0.15, 0.2) is 0 Å². The molecular formula is C52H58ClFN8O6. The van der Waals surface area contributed by atoms with E-state index in [2.05, 4.69) is 55.1 Å². The number of carbonyl (C=O) groups excluding carboxylic acids is 2. The van der Waals surface area contributed by atoms with Crippen molar-refractivity contribution in [3.63, 3.8) is 0 Å². The van der Waals surface area contributed by atoms with Gasteiger partial charge >= 0.3 is 0 Å². The maximum absolute atomic E-state index is 14.4. The minimum atomic E-state index is -0.681. The molecule has 14 nitrogen and oxygen atoms in total. The molecule has 2 aliphatic heterocycles. The maximum Gasteiger partial charge on any atom is 0.227 e. The number of hydrogen-bond acceptors (Lipinski definition) is 10. The lowest BCUT2D eigenvalue weighted by molar-refractivity contribution is -0.119. The van der Waals surface area contributed by atoms with Crippen LogP contribution in [0.3, 0.4) is 0 Å². The molecule has 4 aromatic heterocycles. The van der Waals surface area contributed by atoms with Gasteiger partial charge < -0.3 is 38.6 Å². The average Bonchev–Trinajstić information content (AvgIpc) is 4.17. The van der Waals surface area contributed by atoms with E-state index in [4.69, 9.17) is 30.6 Å². The first kappa shape index (κ1) is 45.9. The molecule has 2 amide bonds. The summed E-state index contributed by atoms with van der Waals surface area (Å²) in [6, 6.07) is 17.0. The third-order valence-corrected chi connectivity index (χ3v) is 15.2. The van der Waals surface area contributed by atoms with Crippen LogP contribution in [0.2, 0.25) is 5.02 Å². The number of amides is 2. The van der Waals surface area contributed by atoms with Crippen molar-refractivity contribution in [3.05, 3.63) is 100.0 Å². The van der Waals surface area contributed by atoms with Crippen molar-refractivity contribution in [2.45, 2.75) is 154 Å². The van der Waals surface area contributed by atoms with Crippen molar-refractivity contribution in [1.29, 1.82) is 0 Å². The van der Waals surface area contributed by atoms with Crippen LogP contribution in [0.5, 0.6) is 0 Å². The van der Waals surface area contributed by atoms with Gasteiger partial charge in [0, 0.05) is 41.7 Å². The Kier molecular flexibility index (Phi) is 11.8. The molecule has 2 saturated carbocycles. The number of anilines is 1. The van der Waals surface area contributed by atoms with E-state index in [1.54, 1.807) is 11.0 Å². The molecule has 4 fully saturated rings. The van der Waals surface area contributed by atoms with E-state index in [0.717, 1.165) is 124 Å². The molecule has 356 valence electrons. The predicted octanol–water partition coefficient (Wildman–Crippen LogP) is 11.0. The smallest absolute Gasteiger partial charge is 0.227 e. The van der Waals surface area contributed by atoms with Crippen molar-refractivity contribution in [2.75, 3.05) is 4.90 Å². The summed E-state index contributed by atoms with van der Waals surface area (Å²) < 4.78 is 29.7. The molecule has 0 bridgehead atoms. The number of aliphatic hydroxyl groups is 2. The Morgan fingerprint density at radius 2 is 1.21 bits per heavy atom.